The van der Waals surface area contributed by atoms with E-state index in [-0.39, 0.29) is 41.1 Å². The van der Waals surface area contributed by atoms with E-state index in [0.717, 1.165) is 41.5 Å². The molecule has 0 aliphatic heterocycles. The number of halogens is 1. The monoisotopic (exact) mass is 498 g/mol. The molecule has 11 heteroatoms. The maximum atomic E-state index is 13.5. The quantitative estimate of drug-likeness (QED) is 0.372. The van der Waals surface area contributed by atoms with Gasteiger partial charge in [0.2, 0.25) is 5.82 Å². The van der Waals surface area contributed by atoms with Crippen LogP contribution in [-0.2, 0) is 13.0 Å². The Morgan fingerprint density at radius 1 is 1.08 bits per heavy atom. The van der Waals surface area contributed by atoms with Gasteiger partial charge in [0, 0.05) is 18.2 Å². The molecule has 1 fully saturated rings. The summed E-state index contributed by atoms with van der Waals surface area (Å²) in [6, 6.07) is 11.9. The van der Waals surface area contributed by atoms with Crippen LogP contribution in [0.4, 0.5) is 4.39 Å². The Labute approximate surface area is 211 Å². The molecule has 3 N–H and O–H groups in total. The van der Waals surface area contributed by atoms with Crippen LogP contribution >= 0.6 is 0 Å². The average molecular weight is 499 g/mol. The highest BCUT2D eigenvalue weighted by atomic mass is 19.1. The Balaban J connectivity index is 1.16. The zero-order valence-corrected chi connectivity index (χ0v) is 20.0. The van der Waals surface area contributed by atoms with E-state index in [9.17, 15) is 14.0 Å². The van der Waals surface area contributed by atoms with Crippen molar-refractivity contribution in [3.05, 3.63) is 88.3 Å². The Bertz CT molecular complexity index is 1520. The van der Waals surface area contributed by atoms with Crippen molar-refractivity contribution in [1.29, 1.82) is 0 Å². The van der Waals surface area contributed by atoms with E-state index in [2.05, 4.69) is 47.3 Å². The van der Waals surface area contributed by atoms with E-state index in [0.29, 0.717) is 11.4 Å². The van der Waals surface area contributed by atoms with Gasteiger partial charge in [-0.05, 0) is 71.2 Å². The number of benzene rings is 2. The molecule has 6 rings (SSSR count). The number of nitrogens with one attached hydrogen (secondary N) is 3. The van der Waals surface area contributed by atoms with Crippen molar-refractivity contribution in [1.82, 2.24) is 41.2 Å². The molecule has 186 valence electrons. The minimum absolute atomic E-state index is 0.00556. The number of hydrogen-bond donors (Lipinski definition) is 3. The summed E-state index contributed by atoms with van der Waals surface area (Å²) < 4.78 is 13.5. The van der Waals surface area contributed by atoms with E-state index < -0.39 is 5.91 Å². The van der Waals surface area contributed by atoms with Gasteiger partial charge in [-0.25, -0.2) is 14.4 Å². The molecule has 2 aliphatic rings. The number of carbonyl (C=O) groups is 2. The van der Waals surface area contributed by atoms with Crippen LogP contribution in [0.2, 0.25) is 0 Å². The summed E-state index contributed by atoms with van der Waals surface area (Å²) in [5, 5.41) is 20.1. The van der Waals surface area contributed by atoms with Crippen LogP contribution in [0.25, 0.3) is 11.4 Å². The number of tetrazole rings is 1. The van der Waals surface area contributed by atoms with Gasteiger partial charge in [-0.2, -0.15) is 5.21 Å². The van der Waals surface area contributed by atoms with Crippen LogP contribution in [0, 0.1) is 18.2 Å². The molecule has 0 saturated heterocycles. The molecule has 2 aliphatic carbocycles. The highest BCUT2D eigenvalue weighted by Crippen LogP contribution is 2.62. The summed E-state index contributed by atoms with van der Waals surface area (Å²) in [6.07, 6.45) is 4.10. The van der Waals surface area contributed by atoms with Crippen LogP contribution in [0.5, 0.6) is 0 Å². The number of aromatic amines is 1. The second-order valence-electron chi connectivity index (χ2n) is 9.65. The highest BCUT2D eigenvalue weighted by molar-refractivity contribution is 5.97. The first-order valence-electron chi connectivity index (χ1n) is 11.9. The number of rotatable bonds is 6. The van der Waals surface area contributed by atoms with Gasteiger partial charge in [0.25, 0.3) is 11.8 Å². The van der Waals surface area contributed by atoms with Gasteiger partial charge in [-0.15, -0.1) is 10.2 Å². The van der Waals surface area contributed by atoms with Gasteiger partial charge in [0.15, 0.2) is 0 Å². The maximum absolute atomic E-state index is 13.5. The lowest BCUT2D eigenvalue weighted by Gasteiger charge is -2.21. The van der Waals surface area contributed by atoms with Crippen LogP contribution in [0.15, 0.2) is 48.8 Å². The van der Waals surface area contributed by atoms with E-state index in [1.165, 1.54) is 18.5 Å². The SMILES string of the molecule is Cc1cc(CNC(=O)c2cc(C(=O)N[C@H]3c4ccc(-c5nn[nH]n5)cc4CC34CC4)ncn2)ccc1F. The number of hydrogen-bond acceptors (Lipinski definition) is 7. The smallest absolute Gasteiger partial charge is 0.270 e. The van der Waals surface area contributed by atoms with Crippen LogP contribution in [-0.4, -0.2) is 42.4 Å². The molecule has 0 unspecified atom stereocenters. The third kappa shape index (κ3) is 4.32. The summed E-state index contributed by atoms with van der Waals surface area (Å²) in [5.74, 6) is -0.581. The minimum Gasteiger partial charge on any atom is -0.347 e. The molecular weight excluding hydrogens is 475 g/mol. The van der Waals surface area contributed by atoms with Crippen molar-refractivity contribution >= 4 is 11.8 Å². The molecular formula is C26H23FN8O2. The summed E-state index contributed by atoms with van der Waals surface area (Å²) in [4.78, 5) is 34.0. The molecule has 37 heavy (non-hydrogen) atoms. The zero-order chi connectivity index (χ0) is 25.6. The third-order valence-corrected chi connectivity index (χ3v) is 7.19. The maximum Gasteiger partial charge on any atom is 0.270 e. The fraction of sp³-hybridized carbons (Fsp3) is 0.269. The van der Waals surface area contributed by atoms with Crippen LogP contribution in [0.3, 0.4) is 0 Å². The lowest BCUT2D eigenvalue weighted by Crippen LogP contribution is -2.33. The van der Waals surface area contributed by atoms with E-state index in [4.69, 9.17) is 0 Å². The Kier molecular flexibility index (Phi) is 5.47. The van der Waals surface area contributed by atoms with Crippen LogP contribution in [0.1, 0.15) is 62.1 Å². The first kappa shape index (κ1) is 22.9. The van der Waals surface area contributed by atoms with Gasteiger partial charge < -0.3 is 10.6 Å². The number of carbonyl (C=O) groups excluding carboxylic acids is 2. The predicted octanol–water partition coefficient (Wildman–Crippen LogP) is 2.84. The molecule has 2 aromatic carbocycles. The number of aromatic nitrogens is 6. The number of fused-ring (bicyclic) bond motifs is 1. The van der Waals surface area contributed by atoms with Gasteiger partial charge >= 0.3 is 0 Å². The molecule has 2 amide bonds. The van der Waals surface area contributed by atoms with E-state index in [1.807, 2.05) is 12.1 Å². The van der Waals surface area contributed by atoms with Crippen LogP contribution < -0.4 is 10.6 Å². The van der Waals surface area contributed by atoms with E-state index in [1.54, 1.807) is 19.1 Å². The minimum atomic E-state index is -0.447. The summed E-state index contributed by atoms with van der Waals surface area (Å²) in [6.45, 7) is 1.87. The van der Waals surface area contributed by atoms with Crippen molar-refractivity contribution < 1.29 is 14.0 Å². The topological polar surface area (TPSA) is 138 Å². The molecule has 1 atom stereocenters. The molecule has 2 heterocycles. The Hall–Kier alpha value is -4.54. The number of amides is 2. The van der Waals surface area contributed by atoms with Gasteiger partial charge in [0.05, 0.1) is 6.04 Å². The second kappa shape index (κ2) is 8.84. The van der Waals surface area contributed by atoms with Gasteiger partial charge in [0.1, 0.15) is 23.5 Å². The van der Waals surface area contributed by atoms with Crippen molar-refractivity contribution in [2.45, 2.75) is 38.8 Å². The van der Waals surface area contributed by atoms with Gasteiger partial charge in [-0.3, -0.25) is 9.59 Å². The molecule has 10 nitrogen and oxygen atoms in total. The van der Waals surface area contributed by atoms with Gasteiger partial charge in [-0.1, -0.05) is 24.3 Å². The highest BCUT2D eigenvalue weighted by Gasteiger charge is 2.55. The summed E-state index contributed by atoms with van der Waals surface area (Å²) >= 11 is 0. The lowest BCUT2D eigenvalue weighted by atomic mass is 9.97. The normalized spacial score (nSPS) is 16.9. The standard InChI is InChI=1S/C26H23FN8O2/c1-14-8-15(2-5-19(14)27)12-28-24(36)20-10-21(30-13-29-20)25(37)31-22-18-4-3-16(23-32-34-35-33-23)9-17(18)11-26(22)6-7-26/h2-5,8-10,13,22H,6-7,11-12H2,1H3,(H,28,36)(H,31,37)(H,32,33,34,35)/t22-/m0/s1. The first-order chi connectivity index (χ1) is 17.9. The predicted molar refractivity (Wildman–Crippen MR) is 130 cm³/mol. The fourth-order valence-electron chi connectivity index (χ4n) is 5.03. The first-order valence-corrected chi connectivity index (χ1v) is 11.9. The molecule has 4 aromatic rings. The number of nitrogens with zero attached hydrogens (tertiary/aromatic N) is 5. The molecule has 0 bridgehead atoms. The molecule has 1 saturated carbocycles. The van der Waals surface area contributed by atoms with Crippen molar-refractivity contribution in [2.24, 2.45) is 5.41 Å². The van der Waals surface area contributed by atoms with Crippen molar-refractivity contribution in [3.63, 3.8) is 0 Å². The van der Waals surface area contributed by atoms with Crippen molar-refractivity contribution in [2.75, 3.05) is 0 Å². The fourth-order valence-corrected chi connectivity index (χ4v) is 5.03. The molecule has 2 aromatic heterocycles. The summed E-state index contributed by atoms with van der Waals surface area (Å²) in [7, 11) is 0. The third-order valence-electron chi connectivity index (χ3n) is 7.19. The lowest BCUT2D eigenvalue weighted by molar-refractivity contribution is 0.0915. The number of aryl methyl sites for hydroxylation is 1. The Morgan fingerprint density at radius 3 is 2.62 bits per heavy atom. The zero-order valence-electron chi connectivity index (χ0n) is 20.0. The second-order valence-corrected chi connectivity index (χ2v) is 9.65. The van der Waals surface area contributed by atoms with E-state index >= 15 is 0 Å². The molecule has 1 spiro atoms. The molecule has 0 radical (unpaired) electrons. The number of H-pyrrole nitrogens is 1. The average Bonchev–Trinajstić information content (AvgIpc) is 3.34. The van der Waals surface area contributed by atoms with Crippen molar-refractivity contribution in [3.8, 4) is 11.4 Å². The largest absolute Gasteiger partial charge is 0.347 e. The Morgan fingerprint density at radius 2 is 1.89 bits per heavy atom. The summed E-state index contributed by atoms with van der Waals surface area (Å²) in [5.41, 5.74) is 4.55.